The summed E-state index contributed by atoms with van der Waals surface area (Å²) in [4.78, 5) is 36.9. The summed E-state index contributed by atoms with van der Waals surface area (Å²) in [6.45, 7) is 4.26. The molecule has 1 fully saturated rings. The van der Waals surface area contributed by atoms with Crippen molar-refractivity contribution in [3.05, 3.63) is 87.8 Å². The molecule has 1 saturated heterocycles. The first kappa shape index (κ1) is 21.8. The van der Waals surface area contributed by atoms with E-state index in [9.17, 15) is 14.7 Å². The maximum Gasteiger partial charge on any atom is 0.301 e. The van der Waals surface area contributed by atoms with Gasteiger partial charge in [-0.1, -0.05) is 55.5 Å². The quantitative estimate of drug-likeness (QED) is 0.166. The van der Waals surface area contributed by atoms with E-state index in [0.717, 1.165) is 26.0 Å². The second-order valence-electron chi connectivity index (χ2n) is 8.81. The Balaban J connectivity index is 1.55. The number of aromatic amines is 1. The van der Waals surface area contributed by atoms with Crippen LogP contribution in [0.15, 0.2) is 71.7 Å². The van der Waals surface area contributed by atoms with Crippen LogP contribution in [0.2, 0.25) is 0 Å². The van der Waals surface area contributed by atoms with Crippen molar-refractivity contribution in [2.75, 3.05) is 4.90 Å². The average Bonchev–Trinajstić information content (AvgIpc) is 3.64. The predicted octanol–water partition coefficient (Wildman–Crippen LogP) is 6.59. The molecule has 5 aromatic rings. The van der Waals surface area contributed by atoms with Crippen LogP contribution in [-0.2, 0) is 9.59 Å². The minimum atomic E-state index is -0.756. The van der Waals surface area contributed by atoms with Gasteiger partial charge >= 0.3 is 5.91 Å². The number of carbonyl (C=O) groups is 2. The van der Waals surface area contributed by atoms with Gasteiger partial charge in [-0.3, -0.25) is 14.5 Å². The number of fused-ring (bicyclic) bond motifs is 2. The van der Waals surface area contributed by atoms with Gasteiger partial charge < -0.3 is 10.1 Å². The largest absolute Gasteiger partial charge is 0.507 e. The van der Waals surface area contributed by atoms with Gasteiger partial charge in [0, 0.05) is 27.5 Å². The lowest BCUT2D eigenvalue weighted by Crippen LogP contribution is -2.28. The molecule has 0 saturated carbocycles. The highest BCUT2D eigenvalue weighted by molar-refractivity contribution is 7.22. The molecule has 174 valence electrons. The molecule has 6 rings (SSSR count). The first-order valence-electron chi connectivity index (χ1n) is 11.3. The van der Waals surface area contributed by atoms with Gasteiger partial charge in [0.05, 0.1) is 15.8 Å². The number of aliphatic hydroxyl groups is 1. The third-order valence-electron chi connectivity index (χ3n) is 6.38. The van der Waals surface area contributed by atoms with Crippen molar-refractivity contribution in [2.24, 2.45) is 0 Å². The standard InChI is InChI=1S/C27H21N3O3S2/c1-14(2)15-9-10-19-21(12-15)35-27(29-19)30-23(20-8-5-11-34-20)22(25(32)26(30)33)24(31)17-13-28-18-7-4-3-6-16(17)18/h3-14,23,28,31H,1-2H3/b24-22+. The number of hydrogen-bond acceptors (Lipinski definition) is 6. The predicted molar refractivity (Wildman–Crippen MR) is 141 cm³/mol. The Hall–Kier alpha value is -3.75. The topological polar surface area (TPSA) is 86.3 Å². The molecular formula is C27H21N3O3S2. The summed E-state index contributed by atoms with van der Waals surface area (Å²) in [6, 6.07) is 16.6. The van der Waals surface area contributed by atoms with E-state index in [4.69, 9.17) is 4.98 Å². The molecule has 0 aliphatic carbocycles. The number of benzene rings is 2. The van der Waals surface area contributed by atoms with E-state index in [2.05, 4.69) is 24.9 Å². The van der Waals surface area contributed by atoms with Crippen LogP contribution in [0.25, 0.3) is 26.9 Å². The number of anilines is 1. The van der Waals surface area contributed by atoms with Crippen LogP contribution >= 0.6 is 22.7 Å². The van der Waals surface area contributed by atoms with Crippen LogP contribution in [0.4, 0.5) is 5.13 Å². The van der Waals surface area contributed by atoms with Crippen molar-refractivity contribution < 1.29 is 14.7 Å². The number of para-hydroxylation sites is 1. The number of H-pyrrole nitrogens is 1. The Labute approximate surface area is 209 Å². The number of thiazole rings is 1. The highest BCUT2D eigenvalue weighted by atomic mass is 32.1. The Morgan fingerprint density at radius 3 is 2.71 bits per heavy atom. The van der Waals surface area contributed by atoms with Gasteiger partial charge in [0.15, 0.2) is 5.13 Å². The Kier molecular flexibility index (Phi) is 5.09. The summed E-state index contributed by atoms with van der Waals surface area (Å²) >= 11 is 2.82. The molecule has 1 atom stereocenters. The Morgan fingerprint density at radius 2 is 1.94 bits per heavy atom. The highest BCUT2D eigenvalue weighted by Crippen LogP contribution is 2.46. The molecule has 0 bridgehead atoms. The molecule has 2 aromatic carbocycles. The fourth-order valence-electron chi connectivity index (χ4n) is 4.55. The summed E-state index contributed by atoms with van der Waals surface area (Å²) in [6.07, 6.45) is 1.67. The molecule has 1 aliphatic heterocycles. The fraction of sp³-hybridized carbons (Fsp3) is 0.148. The van der Waals surface area contributed by atoms with Crippen molar-refractivity contribution in [1.82, 2.24) is 9.97 Å². The summed E-state index contributed by atoms with van der Waals surface area (Å²) < 4.78 is 0.953. The zero-order chi connectivity index (χ0) is 24.3. The van der Waals surface area contributed by atoms with E-state index >= 15 is 0 Å². The molecule has 1 amide bonds. The third-order valence-corrected chi connectivity index (χ3v) is 8.32. The van der Waals surface area contributed by atoms with Gasteiger partial charge in [0.2, 0.25) is 0 Å². The van der Waals surface area contributed by atoms with Crippen molar-refractivity contribution in [3.8, 4) is 0 Å². The van der Waals surface area contributed by atoms with Crippen molar-refractivity contribution in [3.63, 3.8) is 0 Å². The third kappa shape index (κ3) is 3.40. The number of Topliss-reactive ketones (excluding diaryl/α,β-unsaturated/α-hetero) is 1. The number of nitrogens with zero attached hydrogens (tertiary/aromatic N) is 2. The number of aliphatic hydroxyl groups excluding tert-OH is 1. The van der Waals surface area contributed by atoms with Crippen LogP contribution in [0.1, 0.15) is 41.8 Å². The summed E-state index contributed by atoms with van der Waals surface area (Å²) in [5.74, 6) is -1.23. The molecule has 0 radical (unpaired) electrons. The minimum absolute atomic E-state index is 0.0735. The SMILES string of the molecule is CC(C)c1ccc2nc(N3C(=O)C(=O)/C(=C(/O)c4c[nH]c5ccccc45)C3c3cccs3)sc2c1. The van der Waals surface area contributed by atoms with Crippen LogP contribution in [0.3, 0.4) is 0 Å². The van der Waals surface area contributed by atoms with Crippen LogP contribution < -0.4 is 4.90 Å². The molecule has 2 N–H and O–H groups in total. The summed E-state index contributed by atoms with van der Waals surface area (Å²) in [7, 11) is 0. The molecule has 0 spiro atoms. The van der Waals surface area contributed by atoms with E-state index in [-0.39, 0.29) is 11.3 Å². The lowest BCUT2D eigenvalue weighted by molar-refractivity contribution is -0.132. The first-order chi connectivity index (χ1) is 16.9. The second-order valence-corrected chi connectivity index (χ2v) is 10.8. The number of rotatable bonds is 4. The lowest BCUT2D eigenvalue weighted by Gasteiger charge is -2.21. The molecular weight excluding hydrogens is 478 g/mol. The van der Waals surface area contributed by atoms with E-state index in [0.29, 0.717) is 16.6 Å². The second kappa shape index (κ2) is 8.18. The molecule has 1 unspecified atom stereocenters. The Morgan fingerprint density at radius 1 is 1.11 bits per heavy atom. The van der Waals surface area contributed by atoms with Crippen molar-refractivity contribution in [2.45, 2.75) is 25.8 Å². The first-order valence-corrected chi connectivity index (χ1v) is 12.9. The molecule has 6 nitrogen and oxygen atoms in total. The van der Waals surface area contributed by atoms with Gasteiger partial charge in [-0.15, -0.1) is 11.3 Å². The average molecular weight is 500 g/mol. The van der Waals surface area contributed by atoms with Gasteiger partial charge in [0.25, 0.3) is 5.78 Å². The zero-order valence-corrected chi connectivity index (χ0v) is 20.6. The van der Waals surface area contributed by atoms with E-state index in [1.165, 1.54) is 33.1 Å². The number of carbonyl (C=O) groups excluding carboxylic acids is 2. The van der Waals surface area contributed by atoms with Gasteiger partial charge in [-0.05, 0) is 41.1 Å². The normalized spacial score (nSPS) is 17.9. The van der Waals surface area contributed by atoms with Crippen LogP contribution in [0.5, 0.6) is 0 Å². The molecule has 1 aliphatic rings. The number of amides is 1. The fourth-order valence-corrected chi connectivity index (χ4v) is 6.41. The zero-order valence-electron chi connectivity index (χ0n) is 19.0. The van der Waals surface area contributed by atoms with Crippen LogP contribution in [0, 0.1) is 0 Å². The number of hydrogen-bond donors (Lipinski definition) is 2. The lowest BCUT2D eigenvalue weighted by atomic mass is 9.99. The van der Waals surface area contributed by atoms with Crippen molar-refractivity contribution >= 4 is 66.4 Å². The van der Waals surface area contributed by atoms with E-state index < -0.39 is 17.7 Å². The minimum Gasteiger partial charge on any atom is -0.507 e. The molecule has 35 heavy (non-hydrogen) atoms. The maximum absolute atomic E-state index is 13.4. The number of nitrogens with one attached hydrogen (secondary N) is 1. The molecule has 4 heterocycles. The number of thiophene rings is 1. The smallest absolute Gasteiger partial charge is 0.301 e. The number of aromatic nitrogens is 2. The van der Waals surface area contributed by atoms with Crippen molar-refractivity contribution in [1.29, 1.82) is 0 Å². The van der Waals surface area contributed by atoms with Crippen LogP contribution in [-0.4, -0.2) is 26.8 Å². The maximum atomic E-state index is 13.4. The highest BCUT2D eigenvalue weighted by Gasteiger charge is 2.48. The monoisotopic (exact) mass is 499 g/mol. The molecule has 3 aromatic heterocycles. The molecule has 8 heteroatoms. The van der Waals surface area contributed by atoms with E-state index in [1.54, 1.807) is 6.20 Å². The van der Waals surface area contributed by atoms with Gasteiger partial charge in [-0.2, -0.15) is 0 Å². The van der Waals surface area contributed by atoms with Gasteiger partial charge in [0.1, 0.15) is 11.8 Å². The number of ketones is 1. The summed E-state index contributed by atoms with van der Waals surface area (Å²) in [5.41, 5.74) is 3.36. The summed E-state index contributed by atoms with van der Waals surface area (Å²) in [5, 5.41) is 14.5. The van der Waals surface area contributed by atoms with Gasteiger partial charge in [-0.25, -0.2) is 4.98 Å². The Bertz CT molecular complexity index is 1640. The van der Waals surface area contributed by atoms with E-state index in [1.807, 2.05) is 53.9 Å².